The van der Waals surface area contributed by atoms with Crippen molar-refractivity contribution in [1.82, 2.24) is 4.31 Å². The summed E-state index contributed by atoms with van der Waals surface area (Å²) < 4.78 is 27.1. The molecule has 0 saturated carbocycles. The Bertz CT molecular complexity index is 862. The number of hydrogen-bond acceptors (Lipinski definition) is 6. The molecule has 1 fully saturated rings. The van der Waals surface area contributed by atoms with E-state index in [4.69, 9.17) is 11.6 Å². The molecule has 0 amide bonds. The lowest BCUT2D eigenvalue weighted by Crippen LogP contribution is -2.49. The number of rotatable bonds is 4. The molecule has 11 heteroatoms. The summed E-state index contributed by atoms with van der Waals surface area (Å²) in [4.78, 5) is 15.3. The van der Waals surface area contributed by atoms with Gasteiger partial charge in [-0.15, -0.1) is 11.3 Å². The molecule has 0 spiro atoms. The third kappa shape index (κ3) is 3.22. The van der Waals surface area contributed by atoms with Crippen LogP contribution in [-0.2, 0) is 10.0 Å². The van der Waals surface area contributed by atoms with Crippen LogP contribution < -0.4 is 9.88 Å². The smallest absolute Gasteiger partial charge is 0.258 e. The van der Waals surface area contributed by atoms with Crippen molar-refractivity contribution >= 4 is 44.5 Å². The number of sulfonamides is 1. The van der Waals surface area contributed by atoms with E-state index in [9.17, 15) is 18.5 Å². The number of H-pyrrole nitrogens is 1. The summed E-state index contributed by atoms with van der Waals surface area (Å²) in [6.45, 7) is 1.22. The summed E-state index contributed by atoms with van der Waals surface area (Å²) in [7, 11) is -3.58. The first-order valence-corrected chi connectivity index (χ1v) is 9.68. The maximum atomic E-state index is 12.6. The van der Waals surface area contributed by atoms with Gasteiger partial charge in [0, 0.05) is 6.07 Å². The minimum atomic E-state index is -3.58. The van der Waals surface area contributed by atoms with Crippen LogP contribution in [0.1, 0.15) is 0 Å². The topological polar surface area (TPSA) is 97.9 Å². The molecule has 2 aromatic rings. The third-order valence-electron chi connectivity index (χ3n) is 3.71. The van der Waals surface area contributed by atoms with E-state index in [0.29, 0.717) is 23.2 Å². The Hall–Kier alpha value is -1.75. The zero-order valence-corrected chi connectivity index (χ0v) is 14.8. The fourth-order valence-corrected chi connectivity index (χ4v) is 5.59. The van der Waals surface area contributed by atoms with Gasteiger partial charge in [0.1, 0.15) is 4.21 Å². The van der Waals surface area contributed by atoms with E-state index in [2.05, 4.69) is 4.98 Å². The molecule has 3 rings (SSSR count). The Morgan fingerprint density at radius 2 is 1.92 bits per heavy atom. The van der Waals surface area contributed by atoms with Gasteiger partial charge in [-0.3, -0.25) is 15.0 Å². The molecule has 1 N–H and O–H groups in total. The molecule has 1 aliphatic rings. The van der Waals surface area contributed by atoms with Gasteiger partial charge in [0.15, 0.2) is 0 Å². The number of hydrogen-bond donors (Lipinski definition) is 0. The molecule has 2 aromatic heterocycles. The quantitative estimate of drug-likeness (QED) is 0.584. The monoisotopic (exact) mass is 389 g/mol. The SMILES string of the molecule is O=[N+]([O-])c1ccc[nH+]c1N1CCN(S(=O)(=O)c2ccc(Cl)s2)CC1. The molecule has 3 heterocycles. The van der Waals surface area contributed by atoms with E-state index in [1.807, 2.05) is 0 Å². The second kappa shape index (κ2) is 6.63. The average Bonchev–Trinajstić information content (AvgIpc) is 3.02. The fraction of sp³-hybridized carbons (Fsp3) is 0.308. The highest BCUT2D eigenvalue weighted by Gasteiger charge is 2.35. The number of nitrogens with one attached hydrogen (secondary N) is 1. The van der Waals surface area contributed by atoms with Crippen LogP contribution in [0.4, 0.5) is 11.5 Å². The summed E-state index contributed by atoms with van der Waals surface area (Å²) >= 11 is 6.83. The highest BCUT2D eigenvalue weighted by Crippen LogP contribution is 2.29. The van der Waals surface area contributed by atoms with Crippen molar-refractivity contribution in [2.45, 2.75) is 4.21 Å². The summed E-state index contributed by atoms with van der Waals surface area (Å²) in [5.41, 5.74) is -0.0288. The molecule has 0 aromatic carbocycles. The Morgan fingerprint density at radius 3 is 2.50 bits per heavy atom. The first kappa shape index (κ1) is 17.1. The van der Waals surface area contributed by atoms with Crippen LogP contribution in [0.2, 0.25) is 4.34 Å². The van der Waals surface area contributed by atoms with E-state index < -0.39 is 14.9 Å². The lowest BCUT2D eigenvalue weighted by atomic mass is 10.3. The van der Waals surface area contributed by atoms with Crippen LogP contribution in [0.3, 0.4) is 0 Å². The van der Waals surface area contributed by atoms with Crippen LogP contribution in [-0.4, -0.2) is 43.8 Å². The van der Waals surface area contributed by atoms with Gasteiger partial charge >= 0.3 is 11.5 Å². The van der Waals surface area contributed by atoms with E-state index in [-0.39, 0.29) is 23.0 Å². The molecular weight excluding hydrogens is 376 g/mol. The van der Waals surface area contributed by atoms with Crippen LogP contribution in [0.25, 0.3) is 0 Å². The highest BCUT2D eigenvalue weighted by molar-refractivity contribution is 7.91. The number of aromatic nitrogens is 1. The molecule has 1 aliphatic heterocycles. The lowest BCUT2D eigenvalue weighted by Gasteiger charge is -2.29. The summed E-state index contributed by atoms with van der Waals surface area (Å²) in [5.74, 6) is 0.388. The molecule has 0 aliphatic carbocycles. The number of halogens is 1. The molecule has 128 valence electrons. The summed E-state index contributed by atoms with van der Waals surface area (Å²) in [5, 5.41) is 11.1. The van der Waals surface area contributed by atoms with Crippen LogP contribution >= 0.6 is 22.9 Å². The molecule has 0 unspecified atom stereocenters. The lowest BCUT2D eigenvalue weighted by molar-refractivity contribution is -0.411. The number of nitrogens with zero attached hydrogens (tertiary/aromatic N) is 3. The van der Waals surface area contributed by atoms with Crippen molar-refractivity contribution < 1.29 is 18.3 Å². The van der Waals surface area contributed by atoms with Crippen molar-refractivity contribution in [3.8, 4) is 0 Å². The van der Waals surface area contributed by atoms with Crippen LogP contribution in [0.5, 0.6) is 0 Å². The normalized spacial score (nSPS) is 16.3. The Labute approximate surface area is 147 Å². The van der Waals surface area contributed by atoms with Gasteiger partial charge in [0.25, 0.3) is 10.0 Å². The number of nitro groups is 1. The van der Waals surface area contributed by atoms with Gasteiger partial charge in [-0.25, -0.2) is 13.4 Å². The average molecular weight is 390 g/mol. The predicted molar refractivity (Wildman–Crippen MR) is 90.0 cm³/mol. The number of pyridine rings is 1. The Balaban J connectivity index is 1.76. The molecule has 8 nitrogen and oxygen atoms in total. The molecule has 0 atom stereocenters. The number of anilines is 1. The zero-order valence-electron chi connectivity index (χ0n) is 12.4. The van der Waals surface area contributed by atoms with Gasteiger partial charge in [0.2, 0.25) is 0 Å². The van der Waals surface area contributed by atoms with Gasteiger partial charge < -0.3 is 0 Å². The molecular formula is C13H14ClN4O4S2+. The Morgan fingerprint density at radius 1 is 1.21 bits per heavy atom. The molecule has 24 heavy (non-hydrogen) atoms. The van der Waals surface area contributed by atoms with E-state index >= 15 is 0 Å². The number of aromatic amines is 1. The predicted octanol–water partition coefficient (Wildman–Crippen LogP) is 1.63. The van der Waals surface area contributed by atoms with Crippen LogP contribution in [0.15, 0.2) is 34.7 Å². The first-order chi connectivity index (χ1) is 11.4. The number of thiophene rings is 1. The minimum Gasteiger partial charge on any atom is -0.258 e. The van der Waals surface area contributed by atoms with Crippen molar-refractivity contribution in [2.75, 3.05) is 31.1 Å². The van der Waals surface area contributed by atoms with Crippen molar-refractivity contribution in [1.29, 1.82) is 0 Å². The van der Waals surface area contributed by atoms with Gasteiger partial charge in [-0.05, 0) is 18.2 Å². The van der Waals surface area contributed by atoms with Crippen molar-refractivity contribution in [2.24, 2.45) is 0 Å². The molecule has 0 bridgehead atoms. The van der Waals surface area contributed by atoms with Crippen molar-refractivity contribution in [3.63, 3.8) is 0 Å². The standard InChI is InChI=1S/C13H13ClN4O4S2/c14-11-3-4-12(23-11)24(21,22)17-8-6-16(7-9-17)13-10(18(19)20)2-1-5-15-13/h1-5H,6-9H2/p+1. The van der Waals surface area contributed by atoms with Gasteiger partial charge in [-0.2, -0.15) is 4.31 Å². The molecule has 0 radical (unpaired) electrons. The van der Waals surface area contributed by atoms with E-state index in [1.54, 1.807) is 23.2 Å². The van der Waals surface area contributed by atoms with Gasteiger partial charge in [0.05, 0.1) is 41.6 Å². The highest BCUT2D eigenvalue weighted by atomic mass is 35.5. The maximum absolute atomic E-state index is 12.6. The van der Waals surface area contributed by atoms with Gasteiger partial charge in [-0.1, -0.05) is 11.6 Å². The second-order valence-electron chi connectivity index (χ2n) is 5.11. The number of piperazine rings is 1. The van der Waals surface area contributed by atoms with Crippen LogP contribution in [0, 0.1) is 10.1 Å². The second-order valence-corrected chi connectivity index (χ2v) is 8.99. The van der Waals surface area contributed by atoms with Crippen molar-refractivity contribution in [3.05, 3.63) is 44.9 Å². The largest absolute Gasteiger partial charge is 0.357 e. The summed E-state index contributed by atoms with van der Waals surface area (Å²) in [6.07, 6.45) is 1.61. The fourth-order valence-electron chi connectivity index (χ4n) is 2.54. The zero-order chi connectivity index (χ0) is 17.3. The minimum absolute atomic E-state index is 0.0288. The Kier molecular flexibility index (Phi) is 4.72. The summed E-state index contributed by atoms with van der Waals surface area (Å²) in [6, 6.07) is 6.02. The maximum Gasteiger partial charge on any atom is 0.357 e. The van der Waals surface area contributed by atoms with E-state index in [1.165, 1.54) is 16.4 Å². The first-order valence-electron chi connectivity index (χ1n) is 7.05. The van der Waals surface area contributed by atoms with E-state index in [0.717, 1.165) is 11.3 Å². The third-order valence-corrected chi connectivity index (χ3v) is 7.30. The molecule has 1 saturated heterocycles.